The molecule has 2 unspecified atom stereocenters. The zero-order chi connectivity index (χ0) is 24.3. The molecule has 9 nitrogen and oxygen atoms in total. The van der Waals surface area contributed by atoms with Gasteiger partial charge >= 0.3 is 5.97 Å². The van der Waals surface area contributed by atoms with Crippen molar-refractivity contribution in [2.45, 2.75) is 48.1 Å². The van der Waals surface area contributed by atoms with Crippen molar-refractivity contribution in [1.29, 1.82) is 0 Å². The molecule has 4 heterocycles. The van der Waals surface area contributed by atoms with Gasteiger partial charge in [0.05, 0.1) is 29.8 Å². The Kier molecular flexibility index (Phi) is 8.22. The Labute approximate surface area is 205 Å². The third kappa shape index (κ3) is 4.62. The number of carbonyl (C=O) groups excluding carboxylic acids is 2. The lowest BCUT2D eigenvalue weighted by Crippen LogP contribution is -2.56. The zero-order valence-electron chi connectivity index (χ0n) is 19.8. The van der Waals surface area contributed by atoms with Crippen molar-refractivity contribution >= 4 is 29.5 Å². The van der Waals surface area contributed by atoms with Crippen molar-refractivity contribution < 1.29 is 29.3 Å². The lowest BCUT2D eigenvalue weighted by atomic mass is 9.71. The monoisotopic (exact) mass is 495 g/mol. The smallest absolute Gasteiger partial charge is 0.308 e. The van der Waals surface area contributed by atoms with Crippen LogP contribution in [0.5, 0.6) is 0 Å². The Morgan fingerprint density at radius 2 is 2.00 bits per heavy atom. The Bertz CT molecular complexity index is 791. The van der Waals surface area contributed by atoms with Crippen molar-refractivity contribution in [3.05, 3.63) is 12.7 Å². The van der Waals surface area contributed by atoms with E-state index in [9.17, 15) is 19.5 Å². The number of thioether (sulfide) groups is 1. The van der Waals surface area contributed by atoms with Gasteiger partial charge in [0.25, 0.3) is 0 Å². The molecule has 34 heavy (non-hydrogen) atoms. The predicted molar refractivity (Wildman–Crippen MR) is 128 cm³/mol. The van der Waals surface area contributed by atoms with Crippen molar-refractivity contribution in [3.63, 3.8) is 0 Å². The van der Waals surface area contributed by atoms with Crippen LogP contribution in [0.2, 0.25) is 0 Å². The third-order valence-corrected chi connectivity index (χ3v) is 9.78. The fourth-order valence-electron chi connectivity index (χ4n) is 6.23. The fourth-order valence-corrected chi connectivity index (χ4v) is 8.44. The van der Waals surface area contributed by atoms with E-state index < -0.39 is 28.6 Å². The van der Waals surface area contributed by atoms with E-state index in [1.165, 1.54) is 0 Å². The molecule has 190 valence electrons. The highest BCUT2D eigenvalue weighted by Gasteiger charge is 2.73. The van der Waals surface area contributed by atoms with Crippen LogP contribution in [0.15, 0.2) is 12.7 Å². The first-order chi connectivity index (χ1) is 16.4. The van der Waals surface area contributed by atoms with Gasteiger partial charge in [-0.25, -0.2) is 0 Å². The van der Waals surface area contributed by atoms with Gasteiger partial charge in [-0.2, -0.15) is 0 Å². The maximum absolute atomic E-state index is 14.1. The van der Waals surface area contributed by atoms with E-state index >= 15 is 0 Å². The number of carbonyl (C=O) groups is 3. The molecule has 4 aliphatic heterocycles. The van der Waals surface area contributed by atoms with Gasteiger partial charge in [-0.1, -0.05) is 6.08 Å². The topological polar surface area (TPSA) is 111 Å². The second kappa shape index (κ2) is 11.0. The summed E-state index contributed by atoms with van der Waals surface area (Å²) in [5.41, 5.74) is 0. The average Bonchev–Trinajstić information content (AvgIpc) is 3.47. The normalized spacial score (nSPS) is 32.7. The van der Waals surface area contributed by atoms with E-state index in [1.807, 2.05) is 0 Å². The van der Waals surface area contributed by atoms with Gasteiger partial charge < -0.3 is 24.7 Å². The lowest BCUT2D eigenvalue weighted by Gasteiger charge is -2.38. The quantitative estimate of drug-likeness (QED) is 0.300. The van der Waals surface area contributed by atoms with E-state index in [4.69, 9.17) is 9.84 Å². The number of carboxylic acids is 1. The number of amides is 2. The molecule has 2 amide bonds. The maximum atomic E-state index is 14.1. The van der Waals surface area contributed by atoms with Crippen LogP contribution in [-0.4, -0.2) is 118 Å². The van der Waals surface area contributed by atoms with Gasteiger partial charge in [-0.05, 0) is 32.1 Å². The van der Waals surface area contributed by atoms with Crippen molar-refractivity contribution in [2.75, 3.05) is 59.1 Å². The summed E-state index contributed by atoms with van der Waals surface area (Å²) in [4.78, 5) is 45.6. The maximum Gasteiger partial charge on any atom is 0.308 e. The number of fused-ring (bicyclic) bond motifs is 1. The van der Waals surface area contributed by atoms with Crippen LogP contribution in [-0.2, 0) is 19.1 Å². The van der Waals surface area contributed by atoms with Gasteiger partial charge in [0.1, 0.15) is 6.04 Å². The van der Waals surface area contributed by atoms with Crippen molar-refractivity contribution in [3.8, 4) is 0 Å². The summed E-state index contributed by atoms with van der Waals surface area (Å²) in [7, 11) is 0. The Balaban J connectivity index is 1.57. The Morgan fingerprint density at radius 1 is 1.24 bits per heavy atom. The second-order valence-corrected chi connectivity index (χ2v) is 11.3. The van der Waals surface area contributed by atoms with E-state index in [2.05, 4.69) is 11.5 Å². The molecule has 2 bridgehead atoms. The molecule has 4 aliphatic rings. The lowest BCUT2D eigenvalue weighted by molar-refractivity contribution is -0.148. The summed E-state index contributed by atoms with van der Waals surface area (Å²) < 4.78 is 4.75. The minimum absolute atomic E-state index is 0.0923. The number of aliphatic hydroxyl groups is 1. The highest BCUT2D eigenvalue weighted by molar-refractivity contribution is 8.02. The minimum Gasteiger partial charge on any atom is -0.481 e. The highest BCUT2D eigenvalue weighted by atomic mass is 32.2. The molecular formula is C24H37N3O6S. The standard InChI is InChI=1S/C24H37N3O6S/c1-2-8-26(11-10-25-12-15-33-16-13-25)22(30)20-24-7-6-17(34-24)18(23(31)32)19(24)21(29)27(20)9-4-3-5-14-28/h2,17-20,28H,1,3-16H2,(H,31,32)/t17-,18+,19-,20?,24?/m0/s1. The number of hydrogen-bond donors (Lipinski definition) is 2. The van der Waals surface area contributed by atoms with E-state index in [0.29, 0.717) is 52.1 Å². The van der Waals surface area contributed by atoms with Gasteiger partial charge in [-0.15, -0.1) is 18.3 Å². The van der Waals surface area contributed by atoms with Crippen molar-refractivity contribution in [2.24, 2.45) is 11.8 Å². The summed E-state index contributed by atoms with van der Waals surface area (Å²) >= 11 is 1.57. The number of likely N-dealkylation sites (tertiary alicyclic amines) is 1. The van der Waals surface area contributed by atoms with Gasteiger partial charge in [0.15, 0.2) is 0 Å². The molecule has 0 saturated carbocycles. The fraction of sp³-hybridized carbons (Fsp3) is 0.792. The number of ether oxygens (including phenoxy) is 1. The van der Waals surface area contributed by atoms with E-state index in [-0.39, 0.29) is 23.7 Å². The second-order valence-electron chi connectivity index (χ2n) is 9.74. The number of hydrogen-bond acceptors (Lipinski definition) is 7. The summed E-state index contributed by atoms with van der Waals surface area (Å²) in [6.07, 6.45) is 5.21. The third-order valence-electron chi connectivity index (χ3n) is 7.83. The molecule has 2 N–H and O–H groups in total. The van der Waals surface area contributed by atoms with Crippen LogP contribution in [0.3, 0.4) is 0 Å². The molecule has 0 aromatic rings. The van der Waals surface area contributed by atoms with Gasteiger partial charge in [-0.3, -0.25) is 19.3 Å². The van der Waals surface area contributed by atoms with Crippen molar-refractivity contribution in [1.82, 2.24) is 14.7 Å². The molecule has 4 saturated heterocycles. The van der Waals surface area contributed by atoms with Crippen LogP contribution in [0, 0.1) is 11.8 Å². The summed E-state index contributed by atoms with van der Waals surface area (Å²) in [6, 6.07) is -0.650. The number of carboxylic acid groups (broad SMARTS) is 1. The highest BCUT2D eigenvalue weighted by Crippen LogP contribution is 2.66. The van der Waals surface area contributed by atoms with Crippen LogP contribution in [0.25, 0.3) is 0 Å². The van der Waals surface area contributed by atoms with Crippen LogP contribution >= 0.6 is 11.8 Å². The SMILES string of the molecule is C=CCN(CCN1CCOCC1)C(=O)C1N(CCCCCO)C(=O)[C@@H]2[C@H](C(=O)O)[C@@H]3CCC12S3. The molecule has 5 atom stereocenters. The first-order valence-electron chi connectivity index (χ1n) is 12.5. The molecule has 0 radical (unpaired) electrons. The molecule has 1 spiro atoms. The molecule has 4 rings (SSSR count). The molecule has 0 aromatic heterocycles. The Morgan fingerprint density at radius 3 is 2.68 bits per heavy atom. The summed E-state index contributed by atoms with van der Waals surface area (Å²) in [5.74, 6) is -2.59. The Hall–Kier alpha value is -1.62. The zero-order valence-corrected chi connectivity index (χ0v) is 20.6. The van der Waals surface area contributed by atoms with Crippen LogP contribution < -0.4 is 0 Å². The number of unbranched alkanes of at least 4 members (excludes halogenated alkanes) is 2. The molecule has 0 aliphatic carbocycles. The molecule has 0 aromatic carbocycles. The minimum atomic E-state index is -0.930. The number of aliphatic carboxylic acids is 1. The number of nitrogens with zero attached hydrogens (tertiary/aromatic N) is 3. The van der Waals surface area contributed by atoms with Gasteiger partial charge in [0, 0.05) is 51.1 Å². The number of morpholine rings is 1. The molecule has 10 heteroatoms. The van der Waals surface area contributed by atoms with E-state index in [0.717, 1.165) is 32.5 Å². The number of rotatable bonds is 12. The molecular weight excluding hydrogens is 458 g/mol. The average molecular weight is 496 g/mol. The summed E-state index contributed by atoms with van der Waals surface area (Å²) in [6.45, 7) is 9.04. The number of aliphatic hydroxyl groups excluding tert-OH is 1. The predicted octanol–water partition coefficient (Wildman–Crippen LogP) is 0.672. The van der Waals surface area contributed by atoms with Crippen LogP contribution in [0.4, 0.5) is 0 Å². The van der Waals surface area contributed by atoms with Gasteiger partial charge in [0.2, 0.25) is 11.8 Å². The van der Waals surface area contributed by atoms with E-state index in [1.54, 1.807) is 27.6 Å². The largest absolute Gasteiger partial charge is 0.481 e. The first kappa shape index (κ1) is 25.5. The van der Waals surface area contributed by atoms with Crippen LogP contribution in [0.1, 0.15) is 32.1 Å². The summed E-state index contributed by atoms with van der Waals surface area (Å²) in [5, 5.41) is 19.0. The first-order valence-corrected chi connectivity index (χ1v) is 13.3. The molecule has 4 fully saturated rings.